The molecule has 2 heteroatoms. The van der Waals surface area contributed by atoms with Crippen molar-refractivity contribution in [3.05, 3.63) is 12.2 Å². The molecule has 0 aliphatic heterocycles. The molecule has 0 atom stereocenters. The highest BCUT2D eigenvalue weighted by atomic mass is 16.3. The van der Waals surface area contributed by atoms with Gasteiger partial charge in [-0.05, 0) is 19.8 Å². The molecule has 0 bridgehead atoms. The summed E-state index contributed by atoms with van der Waals surface area (Å²) >= 11 is 0. The highest BCUT2D eigenvalue weighted by Gasteiger charge is 2.30. The summed E-state index contributed by atoms with van der Waals surface area (Å²) in [5, 5.41) is 12.8. The SMILES string of the molecule is C/C=C/CNCC1(CO)CCCCC1. The Bertz CT molecular complexity index is 171. The molecule has 2 nitrogen and oxygen atoms in total. The minimum Gasteiger partial charge on any atom is -0.396 e. The van der Waals surface area contributed by atoms with Crippen LogP contribution >= 0.6 is 0 Å². The van der Waals surface area contributed by atoms with E-state index < -0.39 is 0 Å². The second-order valence-electron chi connectivity index (χ2n) is 4.42. The maximum absolute atomic E-state index is 9.44. The van der Waals surface area contributed by atoms with Crippen LogP contribution in [-0.2, 0) is 0 Å². The van der Waals surface area contributed by atoms with Crippen LogP contribution in [0.5, 0.6) is 0 Å². The molecule has 0 radical (unpaired) electrons. The van der Waals surface area contributed by atoms with Crippen LogP contribution in [0, 0.1) is 5.41 Å². The first-order valence-electron chi connectivity index (χ1n) is 5.76. The van der Waals surface area contributed by atoms with Gasteiger partial charge >= 0.3 is 0 Å². The quantitative estimate of drug-likeness (QED) is 0.522. The van der Waals surface area contributed by atoms with Gasteiger partial charge in [-0.15, -0.1) is 0 Å². The second kappa shape index (κ2) is 6.20. The Kier molecular flexibility index (Phi) is 5.20. The molecule has 0 amide bonds. The first kappa shape index (κ1) is 11.7. The number of hydrogen-bond acceptors (Lipinski definition) is 2. The Labute approximate surface area is 87.4 Å². The van der Waals surface area contributed by atoms with Crippen molar-refractivity contribution in [3.8, 4) is 0 Å². The molecule has 0 aromatic rings. The maximum Gasteiger partial charge on any atom is 0.0499 e. The lowest BCUT2D eigenvalue weighted by Gasteiger charge is -2.35. The zero-order valence-electron chi connectivity index (χ0n) is 9.26. The van der Waals surface area contributed by atoms with Crippen molar-refractivity contribution in [2.75, 3.05) is 19.7 Å². The molecule has 14 heavy (non-hydrogen) atoms. The Morgan fingerprint density at radius 2 is 2.00 bits per heavy atom. The first-order valence-corrected chi connectivity index (χ1v) is 5.76. The van der Waals surface area contributed by atoms with E-state index in [1.54, 1.807) is 0 Å². The van der Waals surface area contributed by atoms with Crippen LogP contribution in [0.4, 0.5) is 0 Å². The van der Waals surface area contributed by atoms with Crippen LogP contribution in [0.1, 0.15) is 39.0 Å². The zero-order chi connectivity index (χ0) is 10.3. The van der Waals surface area contributed by atoms with Gasteiger partial charge in [-0.2, -0.15) is 0 Å². The van der Waals surface area contributed by atoms with Crippen molar-refractivity contribution in [1.29, 1.82) is 0 Å². The second-order valence-corrected chi connectivity index (χ2v) is 4.42. The third-order valence-electron chi connectivity index (χ3n) is 3.25. The molecule has 0 heterocycles. The summed E-state index contributed by atoms with van der Waals surface area (Å²) in [6.07, 6.45) is 10.5. The van der Waals surface area contributed by atoms with E-state index in [1.807, 2.05) is 6.92 Å². The first-order chi connectivity index (χ1) is 6.83. The van der Waals surface area contributed by atoms with E-state index in [0.29, 0.717) is 6.61 Å². The van der Waals surface area contributed by atoms with Gasteiger partial charge in [0.15, 0.2) is 0 Å². The van der Waals surface area contributed by atoms with Crippen molar-refractivity contribution < 1.29 is 5.11 Å². The van der Waals surface area contributed by atoms with E-state index in [-0.39, 0.29) is 5.41 Å². The van der Waals surface area contributed by atoms with Crippen molar-refractivity contribution in [1.82, 2.24) is 5.32 Å². The topological polar surface area (TPSA) is 32.3 Å². The molecular formula is C12H23NO. The monoisotopic (exact) mass is 197 g/mol. The summed E-state index contributed by atoms with van der Waals surface area (Å²) in [4.78, 5) is 0. The summed E-state index contributed by atoms with van der Waals surface area (Å²) < 4.78 is 0. The molecule has 0 spiro atoms. The number of rotatable bonds is 5. The highest BCUT2D eigenvalue weighted by molar-refractivity contribution is 4.86. The zero-order valence-corrected chi connectivity index (χ0v) is 9.26. The fourth-order valence-corrected chi connectivity index (χ4v) is 2.23. The van der Waals surface area contributed by atoms with E-state index in [4.69, 9.17) is 0 Å². The largest absolute Gasteiger partial charge is 0.396 e. The van der Waals surface area contributed by atoms with Crippen LogP contribution in [0.2, 0.25) is 0 Å². The minimum absolute atomic E-state index is 0.180. The van der Waals surface area contributed by atoms with Gasteiger partial charge < -0.3 is 10.4 Å². The van der Waals surface area contributed by atoms with Crippen LogP contribution < -0.4 is 5.32 Å². The van der Waals surface area contributed by atoms with E-state index in [2.05, 4.69) is 17.5 Å². The molecule has 0 aromatic carbocycles. The lowest BCUT2D eigenvalue weighted by molar-refractivity contribution is 0.0824. The summed E-state index contributed by atoms with van der Waals surface area (Å²) in [6, 6.07) is 0. The van der Waals surface area contributed by atoms with Crippen molar-refractivity contribution in [3.63, 3.8) is 0 Å². The number of allylic oxidation sites excluding steroid dienone is 1. The van der Waals surface area contributed by atoms with Gasteiger partial charge in [0.2, 0.25) is 0 Å². The fraction of sp³-hybridized carbons (Fsp3) is 0.833. The van der Waals surface area contributed by atoms with Crippen molar-refractivity contribution in [2.45, 2.75) is 39.0 Å². The Balaban J connectivity index is 2.28. The third kappa shape index (κ3) is 3.43. The normalized spacial score (nSPS) is 21.6. The fourth-order valence-electron chi connectivity index (χ4n) is 2.23. The molecule has 0 unspecified atom stereocenters. The molecule has 82 valence electrons. The van der Waals surface area contributed by atoms with Crippen LogP contribution in [0.15, 0.2) is 12.2 Å². The molecular weight excluding hydrogens is 174 g/mol. The molecule has 1 aliphatic carbocycles. The number of nitrogens with one attached hydrogen (secondary N) is 1. The van der Waals surface area contributed by atoms with Gasteiger partial charge in [0, 0.05) is 25.1 Å². The Hall–Kier alpha value is -0.340. The lowest BCUT2D eigenvalue weighted by Crippen LogP contribution is -2.39. The van der Waals surface area contributed by atoms with Gasteiger partial charge in [-0.1, -0.05) is 31.4 Å². The number of aliphatic hydroxyl groups excluding tert-OH is 1. The standard InChI is InChI=1S/C12H23NO/c1-2-3-9-13-10-12(11-14)7-5-4-6-8-12/h2-3,13-14H,4-11H2,1H3/b3-2+. The van der Waals surface area contributed by atoms with Crippen molar-refractivity contribution in [2.24, 2.45) is 5.41 Å². The summed E-state index contributed by atoms with van der Waals surface area (Å²) in [7, 11) is 0. The number of aliphatic hydroxyl groups is 1. The van der Waals surface area contributed by atoms with E-state index in [9.17, 15) is 5.11 Å². The minimum atomic E-state index is 0.180. The van der Waals surface area contributed by atoms with Gasteiger partial charge in [0.1, 0.15) is 0 Å². The van der Waals surface area contributed by atoms with Gasteiger partial charge in [-0.25, -0.2) is 0 Å². The summed E-state index contributed by atoms with van der Waals surface area (Å²) in [6.45, 7) is 4.27. The maximum atomic E-state index is 9.44. The number of hydrogen-bond donors (Lipinski definition) is 2. The average molecular weight is 197 g/mol. The lowest BCUT2D eigenvalue weighted by atomic mass is 9.74. The van der Waals surface area contributed by atoms with Crippen LogP contribution in [-0.4, -0.2) is 24.8 Å². The van der Waals surface area contributed by atoms with E-state index in [1.165, 1.54) is 32.1 Å². The molecule has 1 fully saturated rings. The predicted octanol–water partition coefficient (Wildman–Crippen LogP) is 2.09. The van der Waals surface area contributed by atoms with E-state index in [0.717, 1.165) is 13.1 Å². The highest BCUT2D eigenvalue weighted by Crippen LogP contribution is 2.34. The van der Waals surface area contributed by atoms with Crippen LogP contribution in [0.3, 0.4) is 0 Å². The molecule has 0 aromatic heterocycles. The summed E-state index contributed by atoms with van der Waals surface area (Å²) in [5.74, 6) is 0. The Morgan fingerprint density at radius 3 is 2.57 bits per heavy atom. The molecule has 1 saturated carbocycles. The van der Waals surface area contributed by atoms with Gasteiger partial charge in [-0.3, -0.25) is 0 Å². The molecule has 0 saturated heterocycles. The smallest absolute Gasteiger partial charge is 0.0499 e. The van der Waals surface area contributed by atoms with Crippen molar-refractivity contribution >= 4 is 0 Å². The van der Waals surface area contributed by atoms with Crippen LogP contribution in [0.25, 0.3) is 0 Å². The Morgan fingerprint density at radius 1 is 1.29 bits per heavy atom. The molecule has 1 rings (SSSR count). The predicted molar refractivity (Wildman–Crippen MR) is 60.3 cm³/mol. The van der Waals surface area contributed by atoms with E-state index >= 15 is 0 Å². The average Bonchev–Trinajstić information content (AvgIpc) is 2.26. The molecule has 2 N–H and O–H groups in total. The summed E-state index contributed by atoms with van der Waals surface area (Å²) in [5.41, 5.74) is 0.180. The van der Waals surface area contributed by atoms with Gasteiger partial charge in [0.25, 0.3) is 0 Å². The molecule has 1 aliphatic rings. The van der Waals surface area contributed by atoms with Gasteiger partial charge in [0.05, 0.1) is 0 Å². The third-order valence-corrected chi connectivity index (χ3v) is 3.25.